The maximum absolute atomic E-state index is 12.5. The van der Waals surface area contributed by atoms with Gasteiger partial charge in [-0.15, -0.1) is 0 Å². The van der Waals surface area contributed by atoms with Crippen LogP contribution >= 0.6 is 11.6 Å². The SMILES string of the molecule is COc1cc(COC(=O)COc2ccc(Cl)c(C)c2)c([N+](=O)[O-])cc1OC(F)F. The van der Waals surface area contributed by atoms with E-state index in [2.05, 4.69) is 4.74 Å². The minimum atomic E-state index is -3.19. The third-order valence-corrected chi connectivity index (χ3v) is 4.08. The number of aryl methyl sites for hydroxylation is 1. The van der Waals surface area contributed by atoms with Gasteiger partial charge in [0, 0.05) is 5.02 Å². The Bertz CT molecular complexity index is 908. The molecule has 0 radical (unpaired) electrons. The molecule has 0 saturated heterocycles. The average molecular weight is 432 g/mol. The Hall–Kier alpha value is -3.14. The summed E-state index contributed by atoms with van der Waals surface area (Å²) in [4.78, 5) is 22.3. The van der Waals surface area contributed by atoms with Gasteiger partial charge in [0.15, 0.2) is 18.1 Å². The van der Waals surface area contributed by atoms with E-state index in [1.807, 2.05) is 0 Å². The summed E-state index contributed by atoms with van der Waals surface area (Å²) in [5.74, 6) is -1.08. The van der Waals surface area contributed by atoms with E-state index in [-0.39, 0.29) is 11.3 Å². The lowest BCUT2D eigenvalue weighted by molar-refractivity contribution is -0.386. The van der Waals surface area contributed by atoms with E-state index >= 15 is 0 Å². The molecule has 2 rings (SSSR count). The van der Waals surface area contributed by atoms with E-state index in [4.69, 9.17) is 25.8 Å². The molecule has 0 aromatic heterocycles. The lowest BCUT2D eigenvalue weighted by Gasteiger charge is -2.12. The van der Waals surface area contributed by atoms with Crippen molar-refractivity contribution in [2.45, 2.75) is 20.1 Å². The molecule has 0 heterocycles. The first kappa shape index (κ1) is 22.2. The molecule has 0 aliphatic carbocycles. The molecule has 29 heavy (non-hydrogen) atoms. The molecule has 0 saturated carbocycles. The van der Waals surface area contributed by atoms with Crippen LogP contribution in [0.2, 0.25) is 5.02 Å². The Balaban J connectivity index is 2.06. The fourth-order valence-electron chi connectivity index (χ4n) is 2.27. The molecule has 0 atom stereocenters. The van der Waals surface area contributed by atoms with Crippen LogP contribution in [-0.4, -0.2) is 31.2 Å². The average Bonchev–Trinajstić information content (AvgIpc) is 2.66. The molecule has 2 aromatic rings. The highest BCUT2D eigenvalue weighted by Gasteiger charge is 2.22. The Morgan fingerprint density at radius 3 is 2.55 bits per heavy atom. The van der Waals surface area contributed by atoms with Gasteiger partial charge in [-0.25, -0.2) is 4.79 Å². The van der Waals surface area contributed by atoms with Crippen LogP contribution in [0.5, 0.6) is 17.2 Å². The van der Waals surface area contributed by atoms with E-state index in [1.54, 1.807) is 25.1 Å². The quantitative estimate of drug-likeness (QED) is 0.332. The highest BCUT2D eigenvalue weighted by Crippen LogP contribution is 2.36. The number of rotatable bonds is 9. The van der Waals surface area contributed by atoms with Crippen molar-refractivity contribution in [3.8, 4) is 17.2 Å². The van der Waals surface area contributed by atoms with E-state index in [9.17, 15) is 23.7 Å². The highest BCUT2D eigenvalue weighted by molar-refractivity contribution is 6.31. The van der Waals surface area contributed by atoms with Crippen molar-refractivity contribution in [3.05, 3.63) is 56.6 Å². The number of carbonyl (C=O) groups is 1. The second-order valence-electron chi connectivity index (χ2n) is 5.63. The summed E-state index contributed by atoms with van der Waals surface area (Å²) in [5, 5.41) is 11.8. The van der Waals surface area contributed by atoms with Crippen LogP contribution in [-0.2, 0) is 16.1 Å². The molecule has 156 valence electrons. The van der Waals surface area contributed by atoms with Crippen LogP contribution in [0, 0.1) is 17.0 Å². The fraction of sp³-hybridized carbons (Fsp3) is 0.278. The summed E-state index contributed by atoms with van der Waals surface area (Å²) in [6.07, 6.45) is 0. The summed E-state index contributed by atoms with van der Waals surface area (Å²) in [7, 11) is 1.18. The molecular formula is C18H16ClF2NO7. The van der Waals surface area contributed by atoms with Crippen molar-refractivity contribution < 1.29 is 37.4 Å². The van der Waals surface area contributed by atoms with Crippen LogP contribution in [0.1, 0.15) is 11.1 Å². The van der Waals surface area contributed by atoms with Gasteiger partial charge in [-0.05, 0) is 36.8 Å². The number of benzene rings is 2. The maximum Gasteiger partial charge on any atom is 0.387 e. The van der Waals surface area contributed by atoms with Crippen molar-refractivity contribution in [1.82, 2.24) is 0 Å². The zero-order valence-corrected chi connectivity index (χ0v) is 16.1. The van der Waals surface area contributed by atoms with Gasteiger partial charge in [0.1, 0.15) is 12.4 Å². The number of carbonyl (C=O) groups excluding carboxylic acids is 1. The summed E-state index contributed by atoms with van der Waals surface area (Å²) in [5.41, 5.74) is 0.124. The monoisotopic (exact) mass is 431 g/mol. The molecule has 0 aliphatic heterocycles. The topological polar surface area (TPSA) is 97.1 Å². The van der Waals surface area contributed by atoms with Gasteiger partial charge in [0.05, 0.1) is 23.7 Å². The molecule has 8 nitrogen and oxygen atoms in total. The Labute approximate surface area is 169 Å². The number of nitro benzene ring substituents is 1. The normalized spacial score (nSPS) is 10.6. The van der Waals surface area contributed by atoms with Gasteiger partial charge >= 0.3 is 12.6 Å². The molecule has 0 N–H and O–H groups in total. The number of alkyl halides is 2. The van der Waals surface area contributed by atoms with E-state index < -0.39 is 42.2 Å². The van der Waals surface area contributed by atoms with Crippen molar-refractivity contribution in [2.24, 2.45) is 0 Å². The molecule has 0 aliphatic rings. The largest absolute Gasteiger partial charge is 0.493 e. The van der Waals surface area contributed by atoms with Crippen molar-refractivity contribution in [3.63, 3.8) is 0 Å². The molecule has 0 amide bonds. The van der Waals surface area contributed by atoms with Gasteiger partial charge in [-0.3, -0.25) is 10.1 Å². The van der Waals surface area contributed by atoms with E-state index in [0.29, 0.717) is 10.8 Å². The molecule has 2 aromatic carbocycles. The lowest BCUT2D eigenvalue weighted by Crippen LogP contribution is -2.15. The zero-order chi connectivity index (χ0) is 21.6. The first-order valence-corrected chi connectivity index (χ1v) is 8.43. The van der Waals surface area contributed by atoms with Crippen LogP contribution in [0.25, 0.3) is 0 Å². The van der Waals surface area contributed by atoms with E-state index in [0.717, 1.165) is 17.7 Å². The number of esters is 1. The van der Waals surface area contributed by atoms with Gasteiger partial charge in [-0.2, -0.15) is 8.78 Å². The number of hydrogen-bond acceptors (Lipinski definition) is 7. The van der Waals surface area contributed by atoms with Crippen molar-refractivity contribution in [1.29, 1.82) is 0 Å². The third-order valence-electron chi connectivity index (χ3n) is 3.65. The molecule has 11 heteroatoms. The van der Waals surface area contributed by atoms with E-state index in [1.165, 1.54) is 7.11 Å². The summed E-state index contributed by atoms with van der Waals surface area (Å²) >= 11 is 5.90. The Morgan fingerprint density at radius 1 is 1.24 bits per heavy atom. The minimum absolute atomic E-state index is 0.0656. The zero-order valence-electron chi connectivity index (χ0n) is 15.3. The summed E-state index contributed by atoms with van der Waals surface area (Å²) < 4.78 is 44.3. The number of methoxy groups -OCH3 is 1. The van der Waals surface area contributed by atoms with Crippen LogP contribution < -0.4 is 14.2 Å². The number of ether oxygens (including phenoxy) is 4. The number of halogens is 3. The first-order valence-electron chi connectivity index (χ1n) is 8.06. The van der Waals surface area contributed by atoms with Gasteiger partial charge < -0.3 is 18.9 Å². The number of nitrogens with zero attached hydrogens (tertiary/aromatic N) is 1. The Kier molecular flexibility index (Phi) is 7.54. The number of nitro groups is 1. The summed E-state index contributed by atoms with van der Waals surface area (Å²) in [6.45, 7) is -2.37. The number of hydrogen-bond donors (Lipinski definition) is 0. The second-order valence-corrected chi connectivity index (χ2v) is 6.03. The van der Waals surface area contributed by atoms with Gasteiger partial charge in [-0.1, -0.05) is 11.6 Å². The van der Waals surface area contributed by atoms with Crippen LogP contribution in [0.3, 0.4) is 0 Å². The maximum atomic E-state index is 12.5. The molecular weight excluding hydrogens is 416 g/mol. The lowest BCUT2D eigenvalue weighted by atomic mass is 10.1. The predicted molar refractivity (Wildman–Crippen MR) is 97.8 cm³/mol. The van der Waals surface area contributed by atoms with Crippen molar-refractivity contribution >= 4 is 23.3 Å². The first-order chi connectivity index (χ1) is 13.7. The predicted octanol–water partition coefficient (Wildman–Crippen LogP) is 4.29. The molecule has 0 unspecified atom stereocenters. The molecule has 0 fully saturated rings. The van der Waals surface area contributed by atoms with Crippen LogP contribution in [0.15, 0.2) is 30.3 Å². The summed E-state index contributed by atoms with van der Waals surface area (Å²) in [6, 6.07) is 6.68. The van der Waals surface area contributed by atoms with Gasteiger partial charge in [0.2, 0.25) is 0 Å². The minimum Gasteiger partial charge on any atom is -0.493 e. The standard InChI is InChI=1S/C18H16ClF2NO7/c1-10-5-12(3-4-13(10)19)27-9-17(23)28-8-11-6-15(26-2)16(29-18(20)21)7-14(11)22(24)25/h3-7,18H,8-9H2,1-2H3. The van der Waals surface area contributed by atoms with Gasteiger partial charge in [0.25, 0.3) is 5.69 Å². The Morgan fingerprint density at radius 2 is 1.97 bits per heavy atom. The molecule has 0 spiro atoms. The van der Waals surface area contributed by atoms with Crippen molar-refractivity contribution in [2.75, 3.05) is 13.7 Å². The second kappa shape index (κ2) is 9.87. The molecule has 0 bridgehead atoms. The highest BCUT2D eigenvalue weighted by atomic mass is 35.5. The third kappa shape index (κ3) is 6.18. The smallest absolute Gasteiger partial charge is 0.387 e. The fourth-order valence-corrected chi connectivity index (χ4v) is 2.39. The van der Waals surface area contributed by atoms with Crippen LogP contribution in [0.4, 0.5) is 14.5 Å².